The Hall–Kier alpha value is -3.26. The number of aromatic nitrogens is 2. The highest BCUT2D eigenvalue weighted by Crippen LogP contribution is 2.30. The van der Waals surface area contributed by atoms with Gasteiger partial charge in [0.15, 0.2) is 0 Å². The average molecular weight is 436 g/mol. The molecule has 0 saturated carbocycles. The Morgan fingerprint density at radius 3 is 2.35 bits per heavy atom. The fourth-order valence-corrected chi connectivity index (χ4v) is 4.50. The summed E-state index contributed by atoms with van der Waals surface area (Å²) >= 11 is 1.33. The van der Waals surface area contributed by atoms with Gasteiger partial charge in [-0.05, 0) is 37.0 Å². The first-order valence-electron chi connectivity index (χ1n) is 10.5. The minimum Gasteiger partial charge on any atom is -0.338 e. The molecule has 3 aromatic rings. The summed E-state index contributed by atoms with van der Waals surface area (Å²) in [6.45, 7) is 1.97. The molecule has 1 aliphatic rings. The van der Waals surface area contributed by atoms with Crippen molar-refractivity contribution < 1.29 is 9.59 Å². The third kappa shape index (κ3) is 5.67. The van der Waals surface area contributed by atoms with Crippen LogP contribution in [0, 0.1) is 0 Å². The van der Waals surface area contributed by atoms with E-state index in [0.717, 1.165) is 30.0 Å². The first-order valence-corrected chi connectivity index (χ1v) is 11.3. The number of carbonyl (C=O) groups is 2. The van der Waals surface area contributed by atoms with Crippen LogP contribution in [-0.2, 0) is 6.42 Å². The highest BCUT2D eigenvalue weighted by Gasteiger charge is 2.27. The van der Waals surface area contributed by atoms with Crippen LogP contribution in [0.15, 0.2) is 60.7 Å². The molecule has 2 aromatic carbocycles. The Kier molecular flexibility index (Phi) is 6.89. The molecule has 1 aliphatic heterocycles. The Bertz CT molecular complexity index is 1000. The Balaban J connectivity index is 1.23. The van der Waals surface area contributed by atoms with Crippen LogP contribution in [-0.4, -0.2) is 46.7 Å². The number of piperidine rings is 1. The summed E-state index contributed by atoms with van der Waals surface area (Å²) in [6.07, 6.45) is 2.46. The molecule has 2 N–H and O–H groups in total. The second-order valence-corrected chi connectivity index (χ2v) is 8.50. The highest BCUT2D eigenvalue weighted by atomic mass is 32.1. The van der Waals surface area contributed by atoms with Gasteiger partial charge in [-0.15, -0.1) is 10.2 Å². The molecule has 0 aliphatic carbocycles. The Morgan fingerprint density at radius 2 is 1.65 bits per heavy atom. The third-order valence-electron chi connectivity index (χ3n) is 5.33. The number of benzene rings is 2. The van der Waals surface area contributed by atoms with Gasteiger partial charge in [0.25, 0.3) is 5.91 Å². The van der Waals surface area contributed by atoms with Crippen LogP contribution in [0.2, 0.25) is 0 Å². The van der Waals surface area contributed by atoms with E-state index < -0.39 is 0 Å². The van der Waals surface area contributed by atoms with E-state index in [1.165, 1.54) is 16.9 Å². The first-order chi connectivity index (χ1) is 15.2. The number of amides is 3. The van der Waals surface area contributed by atoms with E-state index in [4.69, 9.17) is 0 Å². The summed E-state index contributed by atoms with van der Waals surface area (Å²) in [6, 6.07) is 19.4. The number of anilines is 1. The monoisotopic (exact) mass is 435 g/mol. The van der Waals surface area contributed by atoms with Crippen molar-refractivity contribution in [1.29, 1.82) is 0 Å². The first kappa shape index (κ1) is 21.0. The Labute approximate surface area is 185 Å². The number of para-hydroxylation sites is 1. The van der Waals surface area contributed by atoms with Gasteiger partial charge in [-0.1, -0.05) is 59.9 Å². The van der Waals surface area contributed by atoms with Crippen LogP contribution >= 0.6 is 11.3 Å². The molecular formula is C23H25N5O2S. The summed E-state index contributed by atoms with van der Waals surface area (Å²) in [5, 5.41) is 15.4. The summed E-state index contributed by atoms with van der Waals surface area (Å²) in [4.78, 5) is 26.7. The Morgan fingerprint density at radius 1 is 0.968 bits per heavy atom. The molecule has 3 amide bonds. The maximum atomic E-state index is 12.4. The van der Waals surface area contributed by atoms with Crippen LogP contribution in [0.5, 0.6) is 0 Å². The van der Waals surface area contributed by atoms with Crippen molar-refractivity contribution in [1.82, 2.24) is 20.4 Å². The topological polar surface area (TPSA) is 87.2 Å². The smallest absolute Gasteiger partial charge is 0.317 e. The molecule has 160 valence electrons. The number of carbonyl (C=O) groups excluding carboxylic acids is 2. The zero-order valence-corrected chi connectivity index (χ0v) is 18.0. The molecule has 7 nitrogen and oxygen atoms in total. The van der Waals surface area contributed by atoms with Gasteiger partial charge in [-0.25, -0.2) is 4.79 Å². The van der Waals surface area contributed by atoms with Crippen molar-refractivity contribution >= 4 is 29.0 Å². The SMILES string of the molecule is O=C(Nc1ccccc1)c1nnc(C2CCN(C(=O)NCCc3ccccc3)CC2)s1. The van der Waals surface area contributed by atoms with Crippen LogP contribution < -0.4 is 10.6 Å². The van der Waals surface area contributed by atoms with E-state index in [0.29, 0.717) is 24.6 Å². The van der Waals surface area contributed by atoms with Crippen LogP contribution in [0.25, 0.3) is 0 Å². The molecule has 0 bridgehead atoms. The molecule has 8 heteroatoms. The normalized spacial score (nSPS) is 14.3. The minimum atomic E-state index is -0.245. The molecule has 0 unspecified atom stereocenters. The number of nitrogens with one attached hydrogen (secondary N) is 2. The van der Waals surface area contributed by atoms with E-state index in [1.54, 1.807) is 0 Å². The van der Waals surface area contributed by atoms with Gasteiger partial charge in [0.2, 0.25) is 5.01 Å². The number of hydrogen-bond acceptors (Lipinski definition) is 5. The maximum Gasteiger partial charge on any atom is 0.317 e. The van der Waals surface area contributed by atoms with E-state index in [2.05, 4.69) is 33.0 Å². The molecule has 1 fully saturated rings. The number of likely N-dealkylation sites (tertiary alicyclic amines) is 1. The second-order valence-electron chi connectivity index (χ2n) is 7.49. The van der Waals surface area contributed by atoms with Crippen molar-refractivity contribution in [2.24, 2.45) is 0 Å². The van der Waals surface area contributed by atoms with Crippen molar-refractivity contribution in [3.05, 3.63) is 76.2 Å². The summed E-state index contributed by atoms with van der Waals surface area (Å²) in [5.41, 5.74) is 1.95. The van der Waals surface area contributed by atoms with Gasteiger partial charge >= 0.3 is 6.03 Å². The largest absolute Gasteiger partial charge is 0.338 e. The molecular weight excluding hydrogens is 410 g/mol. The average Bonchev–Trinajstić information content (AvgIpc) is 3.31. The van der Waals surface area contributed by atoms with E-state index >= 15 is 0 Å². The van der Waals surface area contributed by atoms with Crippen molar-refractivity contribution in [2.45, 2.75) is 25.2 Å². The lowest BCUT2D eigenvalue weighted by atomic mass is 9.98. The quantitative estimate of drug-likeness (QED) is 0.614. The maximum absolute atomic E-state index is 12.4. The van der Waals surface area contributed by atoms with Crippen molar-refractivity contribution in [3.63, 3.8) is 0 Å². The van der Waals surface area contributed by atoms with Gasteiger partial charge in [-0.2, -0.15) is 0 Å². The predicted octanol–water partition coefficient (Wildman–Crippen LogP) is 3.92. The van der Waals surface area contributed by atoms with Crippen LogP contribution in [0.1, 0.15) is 39.1 Å². The zero-order valence-electron chi connectivity index (χ0n) is 17.2. The van der Waals surface area contributed by atoms with Crippen LogP contribution in [0.4, 0.5) is 10.5 Å². The molecule has 2 heterocycles. The summed E-state index contributed by atoms with van der Waals surface area (Å²) < 4.78 is 0. The lowest BCUT2D eigenvalue weighted by Gasteiger charge is -2.31. The fourth-order valence-electron chi connectivity index (χ4n) is 3.60. The van der Waals surface area contributed by atoms with Crippen molar-refractivity contribution in [3.8, 4) is 0 Å². The van der Waals surface area contributed by atoms with Gasteiger partial charge < -0.3 is 15.5 Å². The van der Waals surface area contributed by atoms with E-state index in [9.17, 15) is 9.59 Å². The molecule has 1 aromatic heterocycles. The summed E-state index contributed by atoms with van der Waals surface area (Å²) in [5.74, 6) is -0.0191. The second kappa shape index (κ2) is 10.2. The van der Waals surface area contributed by atoms with Gasteiger partial charge in [0.1, 0.15) is 5.01 Å². The van der Waals surface area contributed by atoms with Gasteiger partial charge in [0.05, 0.1) is 0 Å². The molecule has 1 saturated heterocycles. The zero-order chi connectivity index (χ0) is 21.5. The third-order valence-corrected chi connectivity index (χ3v) is 6.42. The molecule has 0 atom stereocenters. The number of rotatable bonds is 6. The fraction of sp³-hybridized carbons (Fsp3) is 0.304. The van der Waals surface area contributed by atoms with Crippen molar-refractivity contribution in [2.75, 3.05) is 25.0 Å². The molecule has 4 rings (SSSR count). The molecule has 31 heavy (non-hydrogen) atoms. The molecule has 0 radical (unpaired) electrons. The van der Waals surface area contributed by atoms with Gasteiger partial charge in [0, 0.05) is 31.2 Å². The van der Waals surface area contributed by atoms with Crippen LogP contribution in [0.3, 0.4) is 0 Å². The van der Waals surface area contributed by atoms with E-state index in [-0.39, 0.29) is 17.9 Å². The lowest BCUT2D eigenvalue weighted by molar-refractivity contribution is 0.102. The number of nitrogens with zero attached hydrogens (tertiary/aromatic N) is 3. The number of hydrogen-bond donors (Lipinski definition) is 2. The lowest BCUT2D eigenvalue weighted by Crippen LogP contribution is -2.44. The summed E-state index contributed by atoms with van der Waals surface area (Å²) in [7, 11) is 0. The number of urea groups is 1. The highest BCUT2D eigenvalue weighted by molar-refractivity contribution is 7.13. The minimum absolute atomic E-state index is 0.0189. The predicted molar refractivity (Wildman–Crippen MR) is 121 cm³/mol. The standard InChI is InChI=1S/C23H25N5O2S/c29-20(25-19-9-5-2-6-10-19)22-27-26-21(31-22)18-12-15-28(16-13-18)23(30)24-14-11-17-7-3-1-4-8-17/h1-10,18H,11-16H2,(H,24,30)(H,25,29). The van der Waals surface area contributed by atoms with Gasteiger partial charge in [-0.3, -0.25) is 4.79 Å². The van der Waals surface area contributed by atoms with E-state index in [1.807, 2.05) is 53.4 Å². The molecule has 0 spiro atoms.